The van der Waals surface area contributed by atoms with E-state index >= 15 is 0 Å². The van der Waals surface area contributed by atoms with Crippen LogP contribution in [0.2, 0.25) is 0 Å². The van der Waals surface area contributed by atoms with Gasteiger partial charge in [0.05, 0.1) is 13.2 Å². The number of thiophene rings is 1. The van der Waals surface area contributed by atoms with Gasteiger partial charge in [-0.3, -0.25) is 9.80 Å². The lowest BCUT2D eigenvalue weighted by atomic mass is 10.3. The van der Waals surface area contributed by atoms with Crippen LogP contribution in [0.3, 0.4) is 0 Å². The lowest BCUT2D eigenvalue weighted by Gasteiger charge is -2.28. The molecule has 3 rings (SSSR count). The van der Waals surface area contributed by atoms with Crippen molar-refractivity contribution >= 4 is 28.7 Å². The average molecular weight is 369 g/mol. The van der Waals surface area contributed by atoms with E-state index in [4.69, 9.17) is 17.0 Å². The number of hydrogen-bond donors (Lipinski definition) is 1. The van der Waals surface area contributed by atoms with Crippen LogP contribution in [0.5, 0.6) is 0 Å². The van der Waals surface area contributed by atoms with Gasteiger partial charge in [0.25, 0.3) is 0 Å². The molecule has 0 bridgehead atoms. The van der Waals surface area contributed by atoms with Crippen LogP contribution >= 0.6 is 23.6 Å². The highest BCUT2D eigenvalue weighted by molar-refractivity contribution is 7.80. The van der Waals surface area contributed by atoms with Crippen molar-refractivity contribution in [2.45, 2.75) is 13.0 Å². The number of nitrogens with zero attached hydrogens (tertiary/aromatic N) is 3. The molecule has 0 aromatic carbocycles. The highest BCUT2D eigenvalue weighted by Crippen LogP contribution is 2.12. The summed E-state index contributed by atoms with van der Waals surface area (Å²) in [6, 6.07) is 2.23. The first-order chi connectivity index (χ1) is 11.8. The Balaban J connectivity index is 1.36. The van der Waals surface area contributed by atoms with Gasteiger partial charge in [-0.1, -0.05) is 0 Å². The molecule has 2 fully saturated rings. The van der Waals surface area contributed by atoms with Crippen LogP contribution < -0.4 is 5.32 Å². The predicted octanol–water partition coefficient (Wildman–Crippen LogP) is 1.46. The second-order valence-corrected chi connectivity index (χ2v) is 7.60. The first-order valence-electron chi connectivity index (χ1n) is 8.87. The van der Waals surface area contributed by atoms with Crippen molar-refractivity contribution < 1.29 is 4.74 Å². The topological polar surface area (TPSA) is 31.0 Å². The van der Waals surface area contributed by atoms with Gasteiger partial charge in [-0.25, -0.2) is 0 Å². The highest BCUT2D eigenvalue weighted by atomic mass is 32.1. The molecule has 134 valence electrons. The van der Waals surface area contributed by atoms with E-state index in [-0.39, 0.29) is 0 Å². The van der Waals surface area contributed by atoms with Crippen LogP contribution in [0.15, 0.2) is 16.8 Å². The summed E-state index contributed by atoms with van der Waals surface area (Å²) in [6.45, 7) is 11.1. The Morgan fingerprint density at radius 3 is 2.79 bits per heavy atom. The Morgan fingerprint density at radius 1 is 1.12 bits per heavy atom. The summed E-state index contributed by atoms with van der Waals surface area (Å²) in [5, 5.41) is 8.77. The zero-order valence-electron chi connectivity index (χ0n) is 14.3. The fraction of sp³-hybridized carbons (Fsp3) is 0.706. The van der Waals surface area contributed by atoms with E-state index in [1.54, 1.807) is 11.3 Å². The molecule has 3 heterocycles. The fourth-order valence-electron chi connectivity index (χ4n) is 3.23. The molecule has 0 atom stereocenters. The summed E-state index contributed by atoms with van der Waals surface area (Å²) < 4.78 is 5.38. The minimum atomic E-state index is 0.858. The fourth-order valence-corrected chi connectivity index (χ4v) is 4.17. The Hall–Kier alpha value is -0.730. The second kappa shape index (κ2) is 9.68. The maximum atomic E-state index is 5.61. The summed E-state index contributed by atoms with van der Waals surface area (Å²) >= 11 is 7.39. The molecule has 7 heteroatoms. The summed E-state index contributed by atoms with van der Waals surface area (Å²) in [5.74, 6) is 0. The van der Waals surface area contributed by atoms with Gasteiger partial charge in [0, 0.05) is 58.9 Å². The molecule has 5 nitrogen and oxygen atoms in total. The van der Waals surface area contributed by atoms with Gasteiger partial charge in [-0.15, -0.1) is 0 Å². The van der Waals surface area contributed by atoms with Crippen LogP contribution in [0.1, 0.15) is 12.0 Å². The van der Waals surface area contributed by atoms with Crippen LogP contribution in [0.4, 0.5) is 0 Å². The third-order valence-corrected chi connectivity index (χ3v) is 5.80. The van der Waals surface area contributed by atoms with Crippen molar-refractivity contribution in [3.63, 3.8) is 0 Å². The largest absolute Gasteiger partial charge is 0.379 e. The Kier molecular flexibility index (Phi) is 7.29. The van der Waals surface area contributed by atoms with Gasteiger partial charge >= 0.3 is 0 Å². The molecule has 2 saturated heterocycles. The Morgan fingerprint density at radius 2 is 2.00 bits per heavy atom. The van der Waals surface area contributed by atoms with Crippen molar-refractivity contribution in [2.75, 3.05) is 65.6 Å². The number of morpholine rings is 1. The molecule has 0 aliphatic carbocycles. The quantitative estimate of drug-likeness (QED) is 0.792. The van der Waals surface area contributed by atoms with Gasteiger partial charge in [0.15, 0.2) is 5.11 Å². The smallest absolute Gasteiger partial charge is 0.169 e. The van der Waals surface area contributed by atoms with Crippen LogP contribution in [-0.2, 0) is 11.3 Å². The van der Waals surface area contributed by atoms with Gasteiger partial charge in [-0.2, -0.15) is 11.3 Å². The lowest BCUT2D eigenvalue weighted by Crippen LogP contribution is -2.46. The van der Waals surface area contributed by atoms with Crippen molar-refractivity contribution in [2.24, 2.45) is 0 Å². The summed E-state index contributed by atoms with van der Waals surface area (Å²) in [6.07, 6.45) is 1.18. The number of hydrogen-bond acceptors (Lipinski definition) is 5. The zero-order chi connectivity index (χ0) is 16.6. The van der Waals surface area contributed by atoms with Gasteiger partial charge < -0.3 is 15.0 Å². The molecule has 0 saturated carbocycles. The van der Waals surface area contributed by atoms with Crippen molar-refractivity contribution in [3.05, 3.63) is 22.4 Å². The van der Waals surface area contributed by atoms with E-state index in [0.717, 1.165) is 77.2 Å². The summed E-state index contributed by atoms with van der Waals surface area (Å²) in [4.78, 5) is 7.31. The minimum absolute atomic E-state index is 0.858. The van der Waals surface area contributed by atoms with E-state index in [2.05, 4.69) is 36.8 Å². The number of ether oxygens (including phenoxy) is 1. The molecule has 2 aliphatic heterocycles. The molecule has 1 aromatic rings. The minimum Gasteiger partial charge on any atom is -0.379 e. The molecular weight excluding hydrogens is 340 g/mol. The summed E-state index contributed by atoms with van der Waals surface area (Å²) in [7, 11) is 0. The maximum Gasteiger partial charge on any atom is 0.169 e. The number of rotatable bonds is 5. The van der Waals surface area contributed by atoms with E-state index in [0.29, 0.717) is 0 Å². The van der Waals surface area contributed by atoms with E-state index in [1.807, 2.05) is 0 Å². The van der Waals surface area contributed by atoms with Crippen molar-refractivity contribution in [3.8, 4) is 0 Å². The molecular formula is C17H28N4OS2. The van der Waals surface area contributed by atoms with Crippen molar-refractivity contribution in [1.82, 2.24) is 20.0 Å². The second-order valence-electron chi connectivity index (χ2n) is 6.43. The standard InChI is InChI=1S/C17H28N4OS2/c23-17(18-3-6-19-9-11-22-12-10-19)21-5-1-4-20(7-8-21)14-16-2-13-24-15-16/h2,13,15H,1,3-12,14H2,(H,18,23). The highest BCUT2D eigenvalue weighted by Gasteiger charge is 2.17. The average Bonchev–Trinajstić information content (AvgIpc) is 3.00. The van der Waals surface area contributed by atoms with Crippen LogP contribution in [0.25, 0.3) is 0 Å². The molecule has 0 spiro atoms. The van der Waals surface area contributed by atoms with Gasteiger partial charge in [0.1, 0.15) is 0 Å². The summed E-state index contributed by atoms with van der Waals surface area (Å²) in [5.41, 5.74) is 1.43. The monoisotopic (exact) mass is 368 g/mol. The van der Waals surface area contributed by atoms with E-state index in [1.165, 1.54) is 12.0 Å². The SMILES string of the molecule is S=C(NCCN1CCOCC1)N1CCCN(Cc2ccsc2)CC1. The Bertz CT molecular complexity index is 491. The maximum absolute atomic E-state index is 5.61. The van der Waals surface area contributed by atoms with Crippen LogP contribution in [0, 0.1) is 0 Å². The first kappa shape index (κ1) is 18.1. The van der Waals surface area contributed by atoms with Crippen LogP contribution in [-0.4, -0.2) is 85.4 Å². The number of thiocarbonyl (C=S) groups is 1. The molecule has 2 aliphatic rings. The predicted molar refractivity (Wildman–Crippen MR) is 104 cm³/mol. The van der Waals surface area contributed by atoms with Crippen molar-refractivity contribution in [1.29, 1.82) is 0 Å². The molecule has 0 amide bonds. The Labute approximate surface area is 154 Å². The third-order valence-electron chi connectivity index (χ3n) is 4.67. The molecule has 24 heavy (non-hydrogen) atoms. The normalized spacial score (nSPS) is 20.8. The van der Waals surface area contributed by atoms with E-state index < -0.39 is 0 Å². The zero-order valence-corrected chi connectivity index (χ0v) is 15.9. The van der Waals surface area contributed by atoms with Gasteiger partial charge in [0.2, 0.25) is 0 Å². The first-order valence-corrected chi connectivity index (χ1v) is 10.2. The molecule has 1 aromatic heterocycles. The molecule has 0 radical (unpaired) electrons. The van der Waals surface area contributed by atoms with Gasteiger partial charge in [-0.05, 0) is 41.0 Å². The lowest BCUT2D eigenvalue weighted by molar-refractivity contribution is 0.0389. The van der Waals surface area contributed by atoms with E-state index in [9.17, 15) is 0 Å². The third kappa shape index (κ3) is 5.67. The molecule has 0 unspecified atom stereocenters. The molecule has 1 N–H and O–H groups in total. The number of nitrogens with one attached hydrogen (secondary N) is 1.